The zero-order valence-corrected chi connectivity index (χ0v) is 13.1. The standard InChI is InChI=1S/C15H18N4O4/c1-15(2,3)17-13(21)16-11(20)9-22-14-19-18-12(23-14)10-7-5-4-6-8-10/h4-8H,9H2,1-3H3,(H2,16,17,20,21). The van der Waals surface area contributed by atoms with Gasteiger partial charge in [0.2, 0.25) is 0 Å². The fraction of sp³-hybridized carbons (Fsp3) is 0.333. The van der Waals surface area contributed by atoms with Crippen LogP contribution in [0.25, 0.3) is 11.5 Å². The molecule has 0 fully saturated rings. The minimum atomic E-state index is -0.619. The second kappa shape index (κ2) is 6.91. The number of urea groups is 1. The maximum absolute atomic E-state index is 11.6. The second-order valence-electron chi connectivity index (χ2n) is 5.78. The summed E-state index contributed by atoms with van der Waals surface area (Å²) in [5.74, 6) is -0.335. The first-order valence-corrected chi connectivity index (χ1v) is 6.97. The van der Waals surface area contributed by atoms with Crippen molar-refractivity contribution >= 4 is 11.9 Å². The summed E-state index contributed by atoms with van der Waals surface area (Å²) >= 11 is 0. The molecule has 0 spiro atoms. The van der Waals surface area contributed by atoms with Crippen LogP contribution in [0.1, 0.15) is 20.8 Å². The molecule has 0 saturated heterocycles. The third-order valence-electron chi connectivity index (χ3n) is 2.50. The Bertz CT molecular complexity index is 676. The zero-order chi connectivity index (χ0) is 16.9. The number of hydrogen-bond donors (Lipinski definition) is 2. The molecule has 0 bridgehead atoms. The van der Waals surface area contributed by atoms with E-state index in [-0.39, 0.29) is 12.0 Å². The maximum Gasteiger partial charge on any atom is 0.415 e. The van der Waals surface area contributed by atoms with Crippen LogP contribution < -0.4 is 15.4 Å². The lowest BCUT2D eigenvalue weighted by atomic mass is 10.1. The molecule has 1 aromatic carbocycles. The highest BCUT2D eigenvalue weighted by atomic mass is 16.6. The number of carbonyl (C=O) groups excluding carboxylic acids is 2. The lowest BCUT2D eigenvalue weighted by Gasteiger charge is -2.20. The third-order valence-corrected chi connectivity index (χ3v) is 2.50. The van der Waals surface area contributed by atoms with Crippen molar-refractivity contribution in [3.8, 4) is 17.5 Å². The Hall–Kier alpha value is -2.90. The molecule has 23 heavy (non-hydrogen) atoms. The van der Waals surface area contributed by atoms with Crippen LogP contribution in [0.2, 0.25) is 0 Å². The highest BCUT2D eigenvalue weighted by molar-refractivity contribution is 5.95. The lowest BCUT2D eigenvalue weighted by Crippen LogP contribution is -2.49. The number of amides is 3. The van der Waals surface area contributed by atoms with Gasteiger partial charge >= 0.3 is 12.1 Å². The summed E-state index contributed by atoms with van der Waals surface area (Å²) in [6, 6.07) is 8.55. The van der Waals surface area contributed by atoms with E-state index in [4.69, 9.17) is 9.15 Å². The van der Waals surface area contributed by atoms with Crippen LogP contribution in [0.5, 0.6) is 6.08 Å². The average Bonchev–Trinajstić information content (AvgIpc) is 2.93. The highest BCUT2D eigenvalue weighted by Crippen LogP contribution is 2.20. The molecular formula is C15H18N4O4. The highest BCUT2D eigenvalue weighted by Gasteiger charge is 2.17. The predicted molar refractivity (Wildman–Crippen MR) is 81.7 cm³/mol. The molecule has 8 nitrogen and oxygen atoms in total. The lowest BCUT2D eigenvalue weighted by molar-refractivity contribution is -0.122. The van der Waals surface area contributed by atoms with Crippen molar-refractivity contribution in [1.82, 2.24) is 20.8 Å². The van der Waals surface area contributed by atoms with Crippen LogP contribution in [0.4, 0.5) is 4.79 Å². The largest absolute Gasteiger partial charge is 0.439 e. The Morgan fingerprint density at radius 3 is 2.52 bits per heavy atom. The smallest absolute Gasteiger partial charge is 0.415 e. The topological polar surface area (TPSA) is 106 Å². The predicted octanol–water partition coefficient (Wildman–Crippen LogP) is 1.74. The molecule has 0 saturated carbocycles. The number of ether oxygens (including phenoxy) is 1. The number of benzene rings is 1. The normalized spacial score (nSPS) is 10.9. The first-order valence-electron chi connectivity index (χ1n) is 6.97. The van der Waals surface area contributed by atoms with E-state index in [1.54, 1.807) is 32.9 Å². The van der Waals surface area contributed by atoms with E-state index in [0.717, 1.165) is 5.56 Å². The summed E-state index contributed by atoms with van der Waals surface area (Å²) in [5, 5.41) is 12.2. The molecule has 122 valence electrons. The van der Waals surface area contributed by atoms with E-state index in [2.05, 4.69) is 20.8 Å². The van der Waals surface area contributed by atoms with E-state index >= 15 is 0 Å². The van der Waals surface area contributed by atoms with Crippen molar-refractivity contribution in [3.63, 3.8) is 0 Å². The third kappa shape index (κ3) is 5.42. The van der Waals surface area contributed by atoms with Crippen LogP contribution in [-0.2, 0) is 4.79 Å². The van der Waals surface area contributed by atoms with E-state index in [1.807, 2.05) is 18.2 Å². The fourth-order valence-electron chi connectivity index (χ4n) is 1.63. The van der Waals surface area contributed by atoms with Gasteiger partial charge in [-0.05, 0) is 32.9 Å². The molecule has 0 unspecified atom stereocenters. The Labute approximate surface area is 133 Å². The summed E-state index contributed by atoms with van der Waals surface area (Å²) in [5.41, 5.74) is 0.298. The van der Waals surface area contributed by atoms with E-state index in [0.29, 0.717) is 0 Å². The minimum absolute atomic E-state index is 0.143. The zero-order valence-electron chi connectivity index (χ0n) is 13.1. The SMILES string of the molecule is CC(C)(C)NC(=O)NC(=O)COc1nnc(-c2ccccc2)o1. The van der Waals surface area contributed by atoms with Gasteiger partial charge in [0.05, 0.1) is 0 Å². The number of nitrogens with zero attached hydrogens (tertiary/aromatic N) is 2. The van der Waals surface area contributed by atoms with E-state index in [9.17, 15) is 9.59 Å². The van der Waals surface area contributed by atoms with Gasteiger partial charge in [0.25, 0.3) is 11.8 Å². The van der Waals surface area contributed by atoms with Gasteiger partial charge in [-0.3, -0.25) is 10.1 Å². The number of rotatable bonds is 4. The molecule has 0 aliphatic rings. The number of nitrogens with one attached hydrogen (secondary N) is 2. The molecule has 0 radical (unpaired) electrons. The van der Waals surface area contributed by atoms with Crippen molar-refractivity contribution in [3.05, 3.63) is 30.3 Å². The summed E-state index contributed by atoms with van der Waals surface area (Å²) in [4.78, 5) is 23.1. The maximum atomic E-state index is 11.6. The Balaban J connectivity index is 1.83. The average molecular weight is 318 g/mol. The molecule has 0 aliphatic carbocycles. The molecule has 0 aliphatic heterocycles. The monoisotopic (exact) mass is 318 g/mol. The van der Waals surface area contributed by atoms with Gasteiger partial charge in [0.15, 0.2) is 6.61 Å². The van der Waals surface area contributed by atoms with Crippen molar-refractivity contribution in [1.29, 1.82) is 0 Å². The van der Waals surface area contributed by atoms with Gasteiger partial charge in [0.1, 0.15) is 0 Å². The first kappa shape index (κ1) is 16.5. The van der Waals surface area contributed by atoms with Crippen LogP contribution in [0.3, 0.4) is 0 Å². The molecule has 0 atom stereocenters. The van der Waals surface area contributed by atoms with Crippen molar-refractivity contribution < 1.29 is 18.7 Å². The van der Waals surface area contributed by atoms with Gasteiger partial charge in [-0.15, -0.1) is 5.10 Å². The molecular weight excluding hydrogens is 300 g/mol. The molecule has 8 heteroatoms. The molecule has 2 aromatic rings. The first-order chi connectivity index (χ1) is 10.8. The number of aromatic nitrogens is 2. The van der Waals surface area contributed by atoms with Gasteiger partial charge in [-0.1, -0.05) is 23.3 Å². The molecule has 2 N–H and O–H groups in total. The van der Waals surface area contributed by atoms with Crippen molar-refractivity contribution in [2.45, 2.75) is 26.3 Å². The quantitative estimate of drug-likeness (QED) is 0.889. The summed E-state index contributed by atoms with van der Waals surface area (Å²) in [6.07, 6.45) is -0.143. The summed E-state index contributed by atoms with van der Waals surface area (Å²) < 4.78 is 10.3. The Kier molecular flexibility index (Phi) is 4.95. The molecule has 2 rings (SSSR count). The van der Waals surface area contributed by atoms with Crippen LogP contribution in [0, 0.1) is 0 Å². The number of carbonyl (C=O) groups is 2. The van der Waals surface area contributed by atoms with Crippen LogP contribution in [0.15, 0.2) is 34.7 Å². The molecule has 1 aromatic heterocycles. The molecule has 1 heterocycles. The van der Waals surface area contributed by atoms with Gasteiger partial charge in [-0.25, -0.2) is 4.79 Å². The number of hydrogen-bond acceptors (Lipinski definition) is 6. The van der Waals surface area contributed by atoms with Crippen molar-refractivity contribution in [2.24, 2.45) is 0 Å². The van der Waals surface area contributed by atoms with Gasteiger partial charge in [0, 0.05) is 11.1 Å². The van der Waals surface area contributed by atoms with Gasteiger partial charge in [-0.2, -0.15) is 0 Å². The second-order valence-corrected chi connectivity index (χ2v) is 5.78. The fourth-order valence-corrected chi connectivity index (χ4v) is 1.63. The van der Waals surface area contributed by atoms with Gasteiger partial charge < -0.3 is 14.5 Å². The van der Waals surface area contributed by atoms with Crippen LogP contribution in [-0.4, -0.2) is 34.3 Å². The van der Waals surface area contributed by atoms with Crippen molar-refractivity contribution in [2.75, 3.05) is 6.61 Å². The van der Waals surface area contributed by atoms with E-state index < -0.39 is 24.1 Å². The van der Waals surface area contributed by atoms with E-state index in [1.165, 1.54) is 0 Å². The molecule has 3 amide bonds. The van der Waals surface area contributed by atoms with Crippen LogP contribution >= 0.6 is 0 Å². The minimum Gasteiger partial charge on any atom is -0.439 e. The summed E-state index contributed by atoms with van der Waals surface area (Å²) in [6.45, 7) is 5.00. The number of imide groups is 1. The Morgan fingerprint density at radius 2 is 1.87 bits per heavy atom. The Morgan fingerprint density at radius 1 is 1.17 bits per heavy atom. The summed E-state index contributed by atoms with van der Waals surface area (Å²) in [7, 11) is 0.